The number of rotatable bonds is 13. The Labute approximate surface area is 247 Å². The number of carbonyl (C=O) groups is 2. The van der Waals surface area contributed by atoms with Crippen molar-refractivity contribution in [2.24, 2.45) is 0 Å². The smallest absolute Gasteiger partial charge is 0.311 e. The molecular formula is C36H38O6. The molecule has 6 heteroatoms. The summed E-state index contributed by atoms with van der Waals surface area (Å²) in [6.45, 7) is 3.58. The fourth-order valence-electron chi connectivity index (χ4n) is 4.48. The summed E-state index contributed by atoms with van der Waals surface area (Å²) in [6, 6.07) is 30.9. The molecule has 4 aromatic carbocycles. The van der Waals surface area contributed by atoms with Crippen molar-refractivity contribution in [3.63, 3.8) is 0 Å². The van der Waals surface area contributed by atoms with Crippen LogP contribution in [-0.4, -0.2) is 34.4 Å². The lowest BCUT2D eigenvalue weighted by atomic mass is 10.0. The Bertz CT molecular complexity index is 1310. The lowest BCUT2D eigenvalue weighted by molar-refractivity contribution is -0.140. The summed E-state index contributed by atoms with van der Waals surface area (Å²) in [5, 5.41) is 18.9. The zero-order valence-electron chi connectivity index (χ0n) is 24.2. The predicted molar refractivity (Wildman–Crippen MR) is 164 cm³/mol. The van der Waals surface area contributed by atoms with E-state index in [9.17, 15) is 19.8 Å². The highest BCUT2D eigenvalue weighted by Crippen LogP contribution is 2.25. The molecule has 2 atom stereocenters. The maximum absolute atomic E-state index is 12.3. The Balaban J connectivity index is 1.20. The van der Waals surface area contributed by atoms with Crippen molar-refractivity contribution in [2.45, 2.75) is 64.6 Å². The number of hydrogen-bond donors (Lipinski definition) is 2. The minimum absolute atomic E-state index is 0.0893. The quantitative estimate of drug-likeness (QED) is 0.135. The molecule has 0 aliphatic carbocycles. The van der Waals surface area contributed by atoms with E-state index < -0.39 is 11.9 Å². The molecule has 0 bridgehead atoms. The molecule has 0 radical (unpaired) electrons. The molecule has 4 aromatic rings. The van der Waals surface area contributed by atoms with E-state index >= 15 is 0 Å². The highest BCUT2D eigenvalue weighted by Gasteiger charge is 2.12. The molecular weight excluding hydrogens is 528 g/mol. The highest BCUT2D eigenvalue weighted by molar-refractivity contribution is 5.80. The number of aryl methyl sites for hydroxylation is 2. The van der Waals surface area contributed by atoms with Crippen molar-refractivity contribution >= 4 is 11.9 Å². The van der Waals surface area contributed by atoms with Crippen LogP contribution in [0.2, 0.25) is 0 Å². The van der Waals surface area contributed by atoms with Crippen molar-refractivity contribution in [3.05, 3.63) is 108 Å². The van der Waals surface area contributed by atoms with Crippen LogP contribution in [0.3, 0.4) is 0 Å². The molecule has 0 saturated heterocycles. The first kappa shape index (κ1) is 30.7. The van der Waals surface area contributed by atoms with Gasteiger partial charge in [-0.1, -0.05) is 72.8 Å². The Hall–Kier alpha value is -4.26. The number of aliphatic hydroxyl groups is 2. The maximum Gasteiger partial charge on any atom is 0.311 e. The van der Waals surface area contributed by atoms with Gasteiger partial charge in [0.1, 0.15) is 11.5 Å². The Morgan fingerprint density at radius 2 is 0.810 bits per heavy atom. The van der Waals surface area contributed by atoms with Gasteiger partial charge in [0.05, 0.1) is 25.0 Å². The highest BCUT2D eigenvalue weighted by atomic mass is 16.5. The van der Waals surface area contributed by atoms with Crippen molar-refractivity contribution in [1.82, 2.24) is 0 Å². The monoisotopic (exact) mass is 566 g/mol. The number of aliphatic hydroxyl groups excluding tert-OH is 2. The van der Waals surface area contributed by atoms with Gasteiger partial charge in [-0.25, -0.2) is 0 Å². The van der Waals surface area contributed by atoms with E-state index in [-0.39, 0.29) is 25.0 Å². The van der Waals surface area contributed by atoms with Gasteiger partial charge in [-0.05, 0) is 97.2 Å². The van der Waals surface area contributed by atoms with Crippen molar-refractivity contribution < 1.29 is 29.3 Å². The van der Waals surface area contributed by atoms with Crippen LogP contribution in [0.25, 0.3) is 22.3 Å². The molecule has 2 N–H and O–H groups in total. The van der Waals surface area contributed by atoms with Gasteiger partial charge < -0.3 is 19.7 Å². The normalized spacial score (nSPS) is 12.4. The summed E-state index contributed by atoms with van der Waals surface area (Å²) in [7, 11) is 0. The molecule has 4 rings (SSSR count). The van der Waals surface area contributed by atoms with Crippen LogP contribution in [0, 0.1) is 0 Å². The summed E-state index contributed by atoms with van der Waals surface area (Å²) in [5.41, 5.74) is 6.44. The Morgan fingerprint density at radius 3 is 1.10 bits per heavy atom. The third kappa shape index (κ3) is 9.68. The second kappa shape index (κ2) is 15.1. The van der Waals surface area contributed by atoms with Crippen LogP contribution in [0.4, 0.5) is 0 Å². The topological polar surface area (TPSA) is 93.1 Å². The largest absolute Gasteiger partial charge is 0.427 e. The molecule has 2 unspecified atom stereocenters. The third-order valence-corrected chi connectivity index (χ3v) is 6.98. The summed E-state index contributed by atoms with van der Waals surface area (Å²) in [5.74, 6) is -0.182. The van der Waals surface area contributed by atoms with Crippen LogP contribution >= 0.6 is 0 Å². The lowest BCUT2D eigenvalue weighted by Gasteiger charge is -2.09. The van der Waals surface area contributed by atoms with E-state index in [1.54, 1.807) is 38.1 Å². The van der Waals surface area contributed by atoms with E-state index in [1.807, 2.05) is 48.5 Å². The summed E-state index contributed by atoms with van der Waals surface area (Å²) >= 11 is 0. The lowest BCUT2D eigenvalue weighted by Crippen LogP contribution is -2.14. The zero-order chi connectivity index (χ0) is 29.9. The van der Waals surface area contributed by atoms with Gasteiger partial charge in [-0.2, -0.15) is 0 Å². The molecule has 6 nitrogen and oxygen atoms in total. The van der Waals surface area contributed by atoms with Gasteiger partial charge in [0, 0.05) is 0 Å². The molecule has 218 valence electrons. The summed E-state index contributed by atoms with van der Waals surface area (Å²) < 4.78 is 10.8. The van der Waals surface area contributed by atoms with Gasteiger partial charge in [-0.15, -0.1) is 0 Å². The summed E-state index contributed by atoms with van der Waals surface area (Å²) in [4.78, 5) is 24.6. The van der Waals surface area contributed by atoms with E-state index in [1.165, 1.54) is 11.1 Å². The predicted octanol–water partition coefficient (Wildman–Crippen LogP) is 6.94. The fourth-order valence-corrected chi connectivity index (χ4v) is 4.48. The van der Waals surface area contributed by atoms with Crippen LogP contribution in [0.5, 0.6) is 11.5 Å². The average molecular weight is 567 g/mol. The first-order valence-corrected chi connectivity index (χ1v) is 14.4. The molecule has 0 amide bonds. The van der Waals surface area contributed by atoms with Crippen molar-refractivity contribution in [2.75, 3.05) is 0 Å². The molecule has 0 aliphatic rings. The first-order valence-electron chi connectivity index (χ1n) is 14.4. The van der Waals surface area contributed by atoms with Gasteiger partial charge in [0.2, 0.25) is 0 Å². The van der Waals surface area contributed by atoms with Gasteiger partial charge >= 0.3 is 11.9 Å². The van der Waals surface area contributed by atoms with E-state index in [0.717, 1.165) is 47.9 Å². The van der Waals surface area contributed by atoms with Gasteiger partial charge in [0.15, 0.2) is 0 Å². The SMILES string of the molecule is CC(O)CCc1ccc(-c2ccc(OC(=O)CCC(=O)Oc3ccc(-c4ccc(CCC(C)O)cc4)cc3)cc2)cc1. The van der Waals surface area contributed by atoms with Crippen LogP contribution in [0.1, 0.15) is 50.7 Å². The van der Waals surface area contributed by atoms with E-state index in [0.29, 0.717) is 11.5 Å². The molecule has 0 aromatic heterocycles. The fraction of sp³-hybridized carbons (Fsp3) is 0.278. The number of carbonyl (C=O) groups excluding carboxylic acids is 2. The van der Waals surface area contributed by atoms with Crippen molar-refractivity contribution in [1.29, 1.82) is 0 Å². The second-order valence-electron chi connectivity index (χ2n) is 10.7. The molecule has 42 heavy (non-hydrogen) atoms. The molecule has 0 fully saturated rings. The zero-order valence-corrected chi connectivity index (χ0v) is 24.2. The van der Waals surface area contributed by atoms with Crippen molar-refractivity contribution in [3.8, 4) is 33.8 Å². The summed E-state index contributed by atoms with van der Waals surface area (Å²) in [6.07, 6.45) is 2.31. The molecule has 0 heterocycles. The van der Waals surface area contributed by atoms with Crippen LogP contribution in [-0.2, 0) is 22.4 Å². The van der Waals surface area contributed by atoms with Crippen LogP contribution < -0.4 is 9.47 Å². The van der Waals surface area contributed by atoms with E-state index in [4.69, 9.17) is 9.47 Å². The average Bonchev–Trinajstić information content (AvgIpc) is 2.99. The number of esters is 2. The Kier molecular flexibility index (Phi) is 11.0. The second-order valence-corrected chi connectivity index (χ2v) is 10.7. The standard InChI is InChI=1S/C36H38O6/c1-25(37)3-5-27-7-11-29(12-8-27)31-15-19-33(20-16-31)41-35(39)23-24-36(40)42-34-21-17-32(18-22-34)30-13-9-28(10-14-30)6-4-26(2)38/h7-22,25-26,37-38H,3-6,23-24H2,1-2H3. The first-order chi connectivity index (χ1) is 20.2. The maximum atomic E-state index is 12.3. The number of benzene rings is 4. The third-order valence-electron chi connectivity index (χ3n) is 6.98. The number of hydrogen-bond acceptors (Lipinski definition) is 6. The van der Waals surface area contributed by atoms with Gasteiger partial charge in [-0.3, -0.25) is 9.59 Å². The minimum atomic E-state index is -0.505. The Morgan fingerprint density at radius 1 is 0.524 bits per heavy atom. The minimum Gasteiger partial charge on any atom is -0.427 e. The van der Waals surface area contributed by atoms with Gasteiger partial charge in [0.25, 0.3) is 0 Å². The molecule has 0 spiro atoms. The van der Waals surface area contributed by atoms with E-state index in [2.05, 4.69) is 24.3 Å². The molecule has 0 aliphatic heterocycles. The number of ether oxygens (including phenoxy) is 2. The van der Waals surface area contributed by atoms with Crippen LogP contribution in [0.15, 0.2) is 97.1 Å². The molecule has 0 saturated carbocycles.